The maximum Gasteiger partial charge on any atom is 0.177 e. The first-order valence-electron chi connectivity index (χ1n) is 7.25. The molecule has 0 saturated carbocycles. The number of hydrogen-bond acceptors (Lipinski definition) is 3. The number of hydrogen-bond donors (Lipinski definition) is 1. The van der Waals surface area contributed by atoms with Crippen molar-refractivity contribution >= 4 is 15.5 Å². The molecule has 4 heteroatoms. The Balaban J connectivity index is 2.99. The first-order chi connectivity index (χ1) is 9.20. The van der Waals surface area contributed by atoms with Gasteiger partial charge in [0.2, 0.25) is 0 Å². The zero-order valence-corrected chi connectivity index (χ0v) is 14.0. The van der Waals surface area contributed by atoms with Crippen LogP contribution in [0, 0.1) is 11.8 Å². The highest BCUT2D eigenvalue weighted by atomic mass is 32.2. The maximum atomic E-state index is 11.8. The molecule has 0 atom stereocenters. The Bertz CT molecular complexity index is 511. The molecule has 0 aliphatic heterocycles. The summed E-state index contributed by atoms with van der Waals surface area (Å²) in [5, 5.41) is 3.44. The summed E-state index contributed by atoms with van der Waals surface area (Å²) >= 11 is 0. The molecule has 0 aliphatic carbocycles. The molecule has 0 bridgehead atoms. The molecule has 1 rings (SSSR count). The van der Waals surface area contributed by atoms with Gasteiger partial charge in [-0.05, 0) is 36.8 Å². The summed E-state index contributed by atoms with van der Waals surface area (Å²) in [4.78, 5) is 0.387. The fourth-order valence-electron chi connectivity index (χ4n) is 2.48. The van der Waals surface area contributed by atoms with E-state index in [-0.39, 0.29) is 0 Å². The highest BCUT2D eigenvalue weighted by molar-refractivity contribution is 7.90. The van der Waals surface area contributed by atoms with Gasteiger partial charge in [-0.3, -0.25) is 0 Å². The highest BCUT2D eigenvalue weighted by Gasteiger charge is 2.17. The number of sulfone groups is 1. The Labute approximate surface area is 123 Å². The number of nitrogens with one attached hydrogen (secondary N) is 1. The highest BCUT2D eigenvalue weighted by Crippen LogP contribution is 2.24. The van der Waals surface area contributed by atoms with Crippen LogP contribution in [0.5, 0.6) is 0 Å². The second-order valence-electron chi connectivity index (χ2n) is 6.37. The molecule has 0 unspecified atom stereocenters. The topological polar surface area (TPSA) is 46.2 Å². The van der Waals surface area contributed by atoms with E-state index in [4.69, 9.17) is 0 Å². The van der Waals surface area contributed by atoms with E-state index in [1.807, 2.05) is 12.1 Å². The van der Waals surface area contributed by atoms with Crippen molar-refractivity contribution in [3.05, 3.63) is 24.3 Å². The van der Waals surface area contributed by atoms with Crippen LogP contribution in [0.1, 0.15) is 40.5 Å². The monoisotopic (exact) mass is 297 g/mol. The second-order valence-corrected chi connectivity index (χ2v) is 8.35. The molecule has 114 valence electrons. The van der Waals surface area contributed by atoms with Crippen LogP contribution < -0.4 is 5.32 Å². The van der Waals surface area contributed by atoms with Crippen molar-refractivity contribution in [2.45, 2.75) is 51.5 Å². The third kappa shape index (κ3) is 5.53. The molecule has 0 heterocycles. The average Bonchev–Trinajstić information content (AvgIpc) is 2.26. The van der Waals surface area contributed by atoms with Gasteiger partial charge >= 0.3 is 0 Å². The molecular formula is C16H27NO2S. The van der Waals surface area contributed by atoms with Gasteiger partial charge in [-0.15, -0.1) is 0 Å². The van der Waals surface area contributed by atoms with Crippen LogP contribution in [0.2, 0.25) is 0 Å². The number of anilines is 1. The van der Waals surface area contributed by atoms with Gasteiger partial charge in [0, 0.05) is 12.3 Å². The maximum absolute atomic E-state index is 11.8. The van der Waals surface area contributed by atoms with Gasteiger partial charge in [0.25, 0.3) is 0 Å². The minimum atomic E-state index is -3.20. The van der Waals surface area contributed by atoms with E-state index in [1.54, 1.807) is 12.1 Å². The lowest BCUT2D eigenvalue weighted by atomic mass is 9.95. The largest absolute Gasteiger partial charge is 0.381 e. The molecule has 0 aliphatic rings. The first-order valence-corrected chi connectivity index (χ1v) is 9.15. The lowest BCUT2D eigenvalue weighted by Gasteiger charge is -2.24. The van der Waals surface area contributed by atoms with Crippen LogP contribution in [0.15, 0.2) is 29.2 Å². The van der Waals surface area contributed by atoms with Crippen molar-refractivity contribution in [1.82, 2.24) is 0 Å². The Morgan fingerprint density at radius 2 is 1.50 bits per heavy atom. The minimum absolute atomic E-state index is 0.304. The third-order valence-corrected chi connectivity index (χ3v) is 4.31. The third-order valence-electron chi connectivity index (χ3n) is 3.16. The average molecular weight is 297 g/mol. The Kier molecular flexibility index (Phi) is 6.06. The Morgan fingerprint density at radius 3 is 1.95 bits per heavy atom. The van der Waals surface area contributed by atoms with Crippen LogP contribution in [-0.4, -0.2) is 20.7 Å². The number of benzene rings is 1. The molecule has 1 aromatic rings. The lowest BCUT2D eigenvalue weighted by molar-refractivity contribution is 0.441. The van der Waals surface area contributed by atoms with E-state index in [0.717, 1.165) is 18.5 Å². The standard InChI is InChI=1S/C16H27NO2S/c1-12(2)10-14(11-13(3)4)17-15-8-6-7-9-16(15)20(5,18)19/h6-9,12-14,17H,10-11H2,1-5H3. The van der Waals surface area contributed by atoms with Gasteiger partial charge in [0.15, 0.2) is 9.84 Å². The van der Waals surface area contributed by atoms with Crippen molar-refractivity contribution in [3.63, 3.8) is 0 Å². The summed E-state index contributed by atoms with van der Waals surface area (Å²) in [5.74, 6) is 1.16. The van der Waals surface area contributed by atoms with Gasteiger partial charge in [0.05, 0.1) is 10.6 Å². The summed E-state index contributed by atoms with van der Waals surface area (Å²) in [6.45, 7) is 8.77. The molecular weight excluding hydrogens is 270 g/mol. The minimum Gasteiger partial charge on any atom is -0.381 e. The molecule has 0 aromatic heterocycles. The zero-order chi connectivity index (χ0) is 15.3. The van der Waals surface area contributed by atoms with Crippen LogP contribution >= 0.6 is 0 Å². The van der Waals surface area contributed by atoms with Crippen molar-refractivity contribution in [2.75, 3.05) is 11.6 Å². The molecule has 1 N–H and O–H groups in total. The lowest BCUT2D eigenvalue weighted by Crippen LogP contribution is -2.24. The Morgan fingerprint density at radius 1 is 1.00 bits per heavy atom. The molecule has 0 saturated heterocycles. The van der Waals surface area contributed by atoms with Crippen molar-refractivity contribution < 1.29 is 8.42 Å². The normalized spacial score (nSPS) is 12.4. The van der Waals surface area contributed by atoms with Gasteiger partial charge in [-0.1, -0.05) is 39.8 Å². The number of rotatable bonds is 7. The summed E-state index contributed by atoms with van der Waals surface area (Å²) < 4.78 is 23.7. The summed E-state index contributed by atoms with van der Waals surface area (Å²) in [6, 6.07) is 7.46. The summed E-state index contributed by atoms with van der Waals surface area (Å²) in [7, 11) is -3.20. The molecule has 0 radical (unpaired) electrons. The molecule has 0 amide bonds. The van der Waals surface area contributed by atoms with Crippen molar-refractivity contribution in [1.29, 1.82) is 0 Å². The van der Waals surface area contributed by atoms with Crippen LogP contribution in [-0.2, 0) is 9.84 Å². The fraction of sp³-hybridized carbons (Fsp3) is 0.625. The van der Waals surface area contributed by atoms with E-state index < -0.39 is 9.84 Å². The van der Waals surface area contributed by atoms with E-state index in [2.05, 4.69) is 33.0 Å². The Hall–Kier alpha value is -1.03. The van der Waals surface area contributed by atoms with E-state index in [1.165, 1.54) is 6.26 Å². The quantitative estimate of drug-likeness (QED) is 0.828. The van der Waals surface area contributed by atoms with Crippen LogP contribution in [0.3, 0.4) is 0 Å². The smallest absolute Gasteiger partial charge is 0.177 e. The zero-order valence-electron chi connectivity index (χ0n) is 13.2. The number of para-hydroxylation sites is 1. The van der Waals surface area contributed by atoms with E-state index >= 15 is 0 Å². The van der Waals surface area contributed by atoms with Gasteiger partial charge in [-0.25, -0.2) is 8.42 Å². The SMILES string of the molecule is CC(C)CC(CC(C)C)Nc1ccccc1S(C)(=O)=O. The second kappa shape index (κ2) is 7.11. The van der Waals surface area contributed by atoms with Crippen LogP contribution in [0.25, 0.3) is 0 Å². The van der Waals surface area contributed by atoms with Crippen LogP contribution in [0.4, 0.5) is 5.69 Å². The fourth-order valence-corrected chi connectivity index (χ4v) is 3.33. The first kappa shape index (κ1) is 17.0. The molecule has 0 spiro atoms. The van der Waals surface area contributed by atoms with Gasteiger partial charge in [0.1, 0.15) is 0 Å². The molecule has 3 nitrogen and oxygen atoms in total. The predicted octanol–water partition coefficient (Wildman–Crippen LogP) is 3.96. The summed E-state index contributed by atoms with van der Waals surface area (Å²) in [5.41, 5.74) is 0.723. The van der Waals surface area contributed by atoms with E-state index in [9.17, 15) is 8.42 Å². The molecule has 1 aromatic carbocycles. The van der Waals surface area contributed by atoms with E-state index in [0.29, 0.717) is 22.8 Å². The van der Waals surface area contributed by atoms with Gasteiger partial charge < -0.3 is 5.32 Å². The predicted molar refractivity (Wildman–Crippen MR) is 85.9 cm³/mol. The molecule has 20 heavy (non-hydrogen) atoms. The summed E-state index contributed by atoms with van der Waals surface area (Å²) in [6.07, 6.45) is 3.33. The molecule has 0 fully saturated rings. The van der Waals surface area contributed by atoms with Crippen molar-refractivity contribution in [3.8, 4) is 0 Å². The van der Waals surface area contributed by atoms with Crippen molar-refractivity contribution in [2.24, 2.45) is 11.8 Å². The van der Waals surface area contributed by atoms with Gasteiger partial charge in [-0.2, -0.15) is 0 Å².